The highest BCUT2D eigenvalue weighted by Gasteiger charge is 2.38. The van der Waals surface area contributed by atoms with E-state index in [-0.39, 0.29) is 17.2 Å². The minimum atomic E-state index is -0.573. The first kappa shape index (κ1) is 14.4. The Labute approximate surface area is 130 Å². The van der Waals surface area contributed by atoms with Gasteiger partial charge in [-0.3, -0.25) is 19.5 Å². The van der Waals surface area contributed by atoms with Crippen molar-refractivity contribution in [3.8, 4) is 0 Å². The summed E-state index contributed by atoms with van der Waals surface area (Å²) in [6.45, 7) is 0.0411. The third kappa shape index (κ3) is 2.51. The predicted octanol–water partition coefficient (Wildman–Crippen LogP) is 2.74. The van der Waals surface area contributed by atoms with Crippen LogP contribution in [0.5, 0.6) is 0 Å². The lowest BCUT2D eigenvalue weighted by atomic mass is 10.1. The second kappa shape index (κ2) is 5.69. The van der Waals surface area contributed by atoms with Crippen molar-refractivity contribution in [2.45, 2.75) is 6.54 Å². The Bertz CT molecular complexity index is 772. The molecule has 0 spiro atoms. The van der Waals surface area contributed by atoms with E-state index in [0.717, 1.165) is 4.90 Å². The van der Waals surface area contributed by atoms with Crippen molar-refractivity contribution in [3.63, 3.8) is 0 Å². The monoisotopic (exact) mass is 316 g/mol. The van der Waals surface area contributed by atoms with Gasteiger partial charge in [0.25, 0.3) is 11.8 Å². The van der Waals surface area contributed by atoms with E-state index in [4.69, 9.17) is 11.6 Å². The quantitative estimate of drug-likeness (QED) is 0.818. The highest BCUT2D eigenvalue weighted by Crippen LogP contribution is 2.32. The number of amides is 2. The fourth-order valence-electron chi connectivity index (χ4n) is 2.21. The minimum absolute atomic E-state index is 0.0411. The number of rotatable bonds is 3. The van der Waals surface area contributed by atoms with E-state index in [1.54, 1.807) is 24.4 Å². The Kier molecular flexibility index (Phi) is 3.73. The SMILES string of the molecule is O=C1C(Cl)=C(c2ccc(F)cc2)C(=O)N1Cc1ccccn1. The molecule has 0 unspecified atom stereocenters. The van der Waals surface area contributed by atoms with Crippen molar-refractivity contribution in [2.24, 2.45) is 0 Å². The van der Waals surface area contributed by atoms with Gasteiger partial charge in [0.2, 0.25) is 0 Å². The van der Waals surface area contributed by atoms with E-state index < -0.39 is 17.6 Å². The smallest absolute Gasteiger partial charge is 0.268 e. The molecule has 2 amide bonds. The summed E-state index contributed by atoms with van der Waals surface area (Å²) < 4.78 is 13.0. The number of nitrogens with zero attached hydrogens (tertiary/aromatic N) is 2. The largest absolute Gasteiger partial charge is 0.273 e. The number of pyridine rings is 1. The van der Waals surface area contributed by atoms with Crippen LogP contribution in [-0.4, -0.2) is 21.7 Å². The molecule has 4 nitrogen and oxygen atoms in total. The number of benzene rings is 1. The molecule has 0 radical (unpaired) electrons. The van der Waals surface area contributed by atoms with Crippen molar-refractivity contribution in [1.82, 2.24) is 9.88 Å². The van der Waals surface area contributed by atoms with E-state index >= 15 is 0 Å². The highest BCUT2D eigenvalue weighted by molar-refractivity contribution is 6.55. The van der Waals surface area contributed by atoms with Gasteiger partial charge in [0.05, 0.1) is 17.8 Å². The van der Waals surface area contributed by atoms with Gasteiger partial charge in [0.1, 0.15) is 10.8 Å². The lowest BCUT2D eigenvalue weighted by Gasteiger charge is -2.14. The molecule has 0 fully saturated rings. The molecule has 0 atom stereocenters. The summed E-state index contributed by atoms with van der Waals surface area (Å²) in [6.07, 6.45) is 1.58. The van der Waals surface area contributed by atoms with E-state index in [1.807, 2.05) is 0 Å². The van der Waals surface area contributed by atoms with Gasteiger partial charge in [-0.25, -0.2) is 4.39 Å². The number of hydrogen-bond donors (Lipinski definition) is 0. The molecule has 3 rings (SSSR count). The zero-order valence-electron chi connectivity index (χ0n) is 11.3. The second-order valence-electron chi connectivity index (χ2n) is 4.71. The van der Waals surface area contributed by atoms with Gasteiger partial charge in [0.15, 0.2) is 0 Å². The Balaban J connectivity index is 1.92. The number of hydrogen-bond acceptors (Lipinski definition) is 3. The maximum absolute atomic E-state index is 13.0. The van der Waals surface area contributed by atoms with Crippen LogP contribution in [0.15, 0.2) is 53.7 Å². The summed E-state index contributed by atoms with van der Waals surface area (Å²) in [6, 6.07) is 10.5. The lowest BCUT2D eigenvalue weighted by molar-refractivity contribution is -0.137. The Hall–Kier alpha value is -2.53. The Morgan fingerprint density at radius 2 is 1.77 bits per heavy atom. The lowest BCUT2D eigenvalue weighted by Crippen LogP contribution is -2.31. The van der Waals surface area contributed by atoms with Gasteiger partial charge < -0.3 is 0 Å². The summed E-state index contributed by atoms with van der Waals surface area (Å²) in [4.78, 5) is 29.8. The maximum Gasteiger partial charge on any atom is 0.273 e. The third-order valence-corrected chi connectivity index (χ3v) is 3.64. The van der Waals surface area contributed by atoms with Crippen molar-refractivity contribution in [3.05, 3.63) is 70.8 Å². The molecule has 1 aliphatic rings. The Morgan fingerprint density at radius 3 is 2.41 bits per heavy atom. The molecule has 0 bridgehead atoms. The van der Waals surface area contributed by atoms with Crippen LogP contribution in [0.4, 0.5) is 4.39 Å². The summed E-state index contributed by atoms with van der Waals surface area (Å²) >= 11 is 6.01. The van der Waals surface area contributed by atoms with Crippen LogP contribution in [0.25, 0.3) is 5.57 Å². The summed E-state index contributed by atoms with van der Waals surface area (Å²) in [5, 5.41) is -0.160. The van der Waals surface area contributed by atoms with Crippen molar-refractivity contribution in [1.29, 1.82) is 0 Å². The molecule has 6 heteroatoms. The number of imide groups is 1. The number of aromatic nitrogens is 1. The van der Waals surface area contributed by atoms with E-state index in [9.17, 15) is 14.0 Å². The van der Waals surface area contributed by atoms with Crippen LogP contribution in [-0.2, 0) is 16.1 Å². The zero-order chi connectivity index (χ0) is 15.7. The van der Waals surface area contributed by atoms with Gasteiger partial charge >= 0.3 is 0 Å². The minimum Gasteiger partial charge on any atom is -0.268 e. The fraction of sp³-hybridized carbons (Fsp3) is 0.0625. The molecule has 2 heterocycles. The Morgan fingerprint density at radius 1 is 1.05 bits per heavy atom. The van der Waals surface area contributed by atoms with Gasteiger partial charge in [-0.15, -0.1) is 0 Å². The molecule has 22 heavy (non-hydrogen) atoms. The van der Waals surface area contributed by atoms with E-state index in [1.165, 1.54) is 24.3 Å². The number of carbonyl (C=O) groups is 2. The van der Waals surface area contributed by atoms with Crippen molar-refractivity contribution >= 4 is 29.0 Å². The van der Waals surface area contributed by atoms with Crippen LogP contribution in [0.2, 0.25) is 0 Å². The van der Waals surface area contributed by atoms with Gasteiger partial charge in [-0.2, -0.15) is 0 Å². The summed E-state index contributed by atoms with van der Waals surface area (Å²) in [5.74, 6) is -1.51. The topological polar surface area (TPSA) is 50.3 Å². The molecule has 0 saturated heterocycles. The molecule has 1 aromatic carbocycles. The summed E-state index contributed by atoms with van der Waals surface area (Å²) in [7, 11) is 0. The van der Waals surface area contributed by atoms with Crippen molar-refractivity contribution in [2.75, 3.05) is 0 Å². The molecule has 110 valence electrons. The van der Waals surface area contributed by atoms with Crippen LogP contribution in [0.3, 0.4) is 0 Å². The number of carbonyl (C=O) groups excluding carboxylic acids is 2. The van der Waals surface area contributed by atoms with Gasteiger partial charge in [0, 0.05) is 6.20 Å². The maximum atomic E-state index is 13.0. The predicted molar refractivity (Wildman–Crippen MR) is 79.0 cm³/mol. The first-order valence-electron chi connectivity index (χ1n) is 6.50. The zero-order valence-corrected chi connectivity index (χ0v) is 12.0. The molecule has 1 aliphatic heterocycles. The first-order valence-corrected chi connectivity index (χ1v) is 6.87. The number of halogens is 2. The molecule has 0 saturated carbocycles. The average Bonchev–Trinajstić information content (AvgIpc) is 2.73. The molecule has 1 aromatic heterocycles. The van der Waals surface area contributed by atoms with Crippen LogP contribution in [0.1, 0.15) is 11.3 Å². The molecular weight excluding hydrogens is 307 g/mol. The van der Waals surface area contributed by atoms with Crippen LogP contribution >= 0.6 is 11.6 Å². The standard InChI is InChI=1S/C16H10ClFN2O2/c17-14-13(10-4-6-11(18)7-5-10)15(21)20(16(14)22)9-12-3-1-2-8-19-12/h1-8H,9H2. The highest BCUT2D eigenvalue weighted by atomic mass is 35.5. The van der Waals surface area contributed by atoms with Crippen LogP contribution in [0, 0.1) is 5.82 Å². The average molecular weight is 317 g/mol. The normalized spacial score (nSPS) is 14.9. The van der Waals surface area contributed by atoms with Gasteiger partial charge in [-0.1, -0.05) is 29.8 Å². The molecule has 0 aliphatic carbocycles. The third-order valence-electron chi connectivity index (χ3n) is 3.29. The van der Waals surface area contributed by atoms with Crippen molar-refractivity contribution < 1.29 is 14.0 Å². The van der Waals surface area contributed by atoms with Crippen LogP contribution < -0.4 is 0 Å². The molecular formula is C16H10ClFN2O2. The first-order chi connectivity index (χ1) is 10.6. The summed E-state index contributed by atoms with van der Waals surface area (Å²) in [5.41, 5.74) is 1.07. The molecule has 0 N–H and O–H groups in total. The molecule has 2 aromatic rings. The fourth-order valence-corrected chi connectivity index (χ4v) is 2.50. The second-order valence-corrected chi connectivity index (χ2v) is 5.09. The van der Waals surface area contributed by atoms with E-state index in [2.05, 4.69) is 4.98 Å². The van der Waals surface area contributed by atoms with E-state index in [0.29, 0.717) is 11.3 Å². The van der Waals surface area contributed by atoms with Gasteiger partial charge in [-0.05, 0) is 29.8 Å².